The molecular formula is C22H25N9O. The van der Waals surface area contributed by atoms with E-state index < -0.39 is 0 Å². The number of Topliss-reactive ketones (excluding diaryl/α,β-unsaturated/α-hetero) is 1. The number of nitrogens with two attached hydrogens (primary N) is 1. The number of likely N-dealkylation sites (tertiary alicyclic amines) is 1. The molecule has 2 N–H and O–H groups in total. The van der Waals surface area contributed by atoms with Gasteiger partial charge in [-0.3, -0.25) is 4.79 Å². The number of benzene rings is 1. The van der Waals surface area contributed by atoms with Crippen molar-refractivity contribution in [3.63, 3.8) is 0 Å². The summed E-state index contributed by atoms with van der Waals surface area (Å²) in [6.07, 6.45) is 8.33. The number of nitrogens with zero attached hydrogens (tertiary/aromatic N) is 8. The minimum absolute atomic E-state index is 0.0902. The summed E-state index contributed by atoms with van der Waals surface area (Å²) in [6, 6.07) is 6.22. The van der Waals surface area contributed by atoms with Crippen molar-refractivity contribution in [1.82, 2.24) is 39.4 Å². The van der Waals surface area contributed by atoms with Crippen molar-refractivity contribution in [2.45, 2.75) is 31.7 Å². The fourth-order valence-electron chi connectivity index (χ4n) is 4.34. The van der Waals surface area contributed by atoms with E-state index >= 15 is 0 Å². The minimum Gasteiger partial charge on any atom is -0.382 e. The SMILES string of the molecule is CN1CCC[C@@H]1CCC(=O)c1nc(-c2ccc3ncn(C)c3c2)c(-n2nccn2)nc1N. The van der Waals surface area contributed by atoms with Gasteiger partial charge in [0.25, 0.3) is 0 Å². The fraction of sp³-hybridized carbons (Fsp3) is 0.364. The number of aromatic nitrogens is 7. The lowest BCUT2D eigenvalue weighted by Crippen LogP contribution is -2.25. The van der Waals surface area contributed by atoms with E-state index in [1.165, 1.54) is 11.2 Å². The van der Waals surface area contributed by atoms with Gasteiger partial charge in [0.1, 0.15) is 11.4 Å². The Morgan fingerprint density at radius 2 is 2.00 bits per heavy atom. The van der Waals surface area contributed by atoms with Gasteiger partial charge >= 0.3 is 0 Å². The summed E-state index contributed by atoms with van der Waals surface area (Å²) in [5, 5.41) is 8.39. The number of rotatable bonds is 6. The van der Waals surface area contributed by atoms with Crippen LogP contribution < -0.4 is 5.73 Å². The van der Waals surface area contributed by atoms with Crippen molar-refractivity contribution in [2.24, 2.45) is 7.05 Å². The first-order valence-corrected chi connectivity index (χ1v) is 10.7. The summed E-state index contributed by atoms with van der Waals surface area (Å²) in [7, 11) is 4.04. The third-order valence-corrected chi connectivity index (χ3v) is 6.15. The second-order valence-electron chi connectivity index (χ2n) is 8.25. The predicted molar refractivity (Wildman–Crippen MR) is 120 cm³/mol. The highest BCUT2D eigenvalue weighted by Crippen LogP contribution is 2.29. The Hall–Kier alpha value is -3.66. The molecule has 1 saturated heterocycles. The van der Waals surface area contributed by atoms with Gasteiger partial charge in [0.15, 0.2) is 11.6 Å². The number of fused-ring (bicyclic) bond motifs is 1. The fourth-order valence-corrected chi connectivity index (χ4v) is 4.34. The van der Waals surface area contributed by atoms with Crippen molar-refractivity contribution >= 4 is 22.6 Å². The van der Waals surface area contributed by atoms with E-state index in [0.29, 0.717) is 24.0 Å². The molecule has 3 aromatic heterocycles. The number of hydrogen-bond donors (Lipinski definition) is 1. The van der Waals surface area contributed by atoms with Crippen LogP contribution in [-0.4, -0.2) is 64.8 Å². The van der Waals surface area contributed by atoms with Crippen LogP contribution in [0.25, 0.3) is 28.1 Å². The van der Waals surface area contributed by atoms with Gasteiger partial charge in [-0.15, -0.1) is 4.80 Å². The molecule has 32 heavy (non-hydrogen) atoms. The Kier molecular flexibility index (Phi) is 5.14. The second kappa shape index (κ2) is 8.12. The third-order valence-electron chi connectivity index (χ3n) is 6.15. The number of imidazole rings is 1. The molecule has 0 radical (unpaired) electrons. The summed E-state index contributed by atoms with van der Waals surface area (Å²) in [5.74, 6) is 0.367. The molecule has 1 fully saturated rings. The monoisotopic (exact) mass is 431 g/mol. The molecule has 0 aliphatic carbocycles. The average Bonchev–Trinajstić information content (AvgIpc) is 3.54. The Morgan fingerprint density at radius 3 is 2.75 bits per heavy atom. The molecule has 1 aromatic carbocycles. The number of carbonyl (C=O) groups is 1. The summed E-state index contributed by atoms with van der Waals surface area (Å²) in [4.78, 5) is 30.3. The first-order chi connectivity index (χ1) is 15.5. The van der Waals surface area contributed by atoms with E-state index in [1.807, 2.05) is 29.8 Å². The van der Waals surface area contributed by atoms with Gasteiger partial charge in [-0.1, -0.05) is 6.07 Å². The largest absolute Gasteiger partial charge is 0.382 e. The van der Waals surface area contributed by atoms with Crippen LogP contribution in [0.1, 0.15) is 36.2 Å². The van der Waals surface area contributed by atoms with Gasteiger partial charge in [0, 0.05) is 25.1 Å². The molecular weight excluding hydrogens is 406 g/mol. The highest BCUT2D eigenvalue weighted by atomic mass is 16.1. The second-order valence-corrected chi connectivity index (χ2v) is 8.25. The van der Waals surface area contributed by atoms with Gasteiger partial charge < -0.3 is 15.2 Å². The maximum atomic E-state index is 13.1. The van der Waals surface area contributed by atoms with E-state index in [4.69, 9.17) is 10.7 Å². The average molecular weight is 432 g/mol. The molecule has 164 valence electrons. The number of hydrogen-bond acceptors (Lipinski definition) is 8. The molecule has 1 aliphatic rings. The number of carbonyl (C=O) groups excluding carboxylic acids is 1. The molecule has 10 heteroatoms. The molecule has 4 heterocycles. The van der Waals surface area contributed by atoms with E-state index in [9.17, 15) is 4.79 Å². The highest BCUT2D eigenvalue weighted by molar-refractivity contribution is 5.99. The Balaban J connectivity index is 1.55. The van der Waals surface area contributed by atoms with Crippen LogP contribution in [0.4, 0.5) is 5.82 Å². The van der Waals surface area contributed by atoms with Crippen LogP contribution in [0, 0.1) is 0 Å². The molecule has 4 aromatic rings. The third kappa shape index (κ3) is 3.62. The van der Waals surface area contributed by atoms with Crippen LogP contribution in [0.5, 0.6) is 0 Å². The van der Waals surface area contributed by atoms with Crippen LogP contribution in [0.2, 0.25) is 0 Å². The standard InChI is InChI=1S/C22H25N9O/c1-29-11-3-4-15(29)6-8-18(32)20-21(23)28-22(31-25-9-10-26-31)19(27-20)14-5-7-16-17(12-14)30(2)13-24-16/h5,7,9-10,12-13,15H,3-4,6,8,11H2,1-2H3,(H2,23,28)/t15-/m1/s1. The first-order valence-electron chi connectivity index (χ1n) is 10.7. The molecule has 10 nitrogen and oxygen atoms in total. The molecule has 0 bridgehead atoms. The topological polar surface area (TPSA) is 121 Å². The Labute approximate surface area is 185 Å². The number of ketones is 1. The van der Waals surface area contributed by atoms with Crippen LogP contribution in [0.15, 0.2) is 36.9 Å². The zero-order chi connectivity index (χ0) is 22.2. The summed E-state index contributed by atoms with van der Waals surface area (Å²) in [6.45, 7) is 1.08. The van der Waals surface area contributed by atoms with E-state index in [1.54, 1.807) is 18.7 Å². The van der Waals surface area contributed by atoms with Crippen molar-refractivity contribution < 1.29 is 4.79 Å². The van der Waals surface area contributed by atoms with Crippen LogP contribution in [-0.2, 0) is 7.05 Å². The minimum atomic E-state index is -0.0989. The Morgan fingerprint density at radius 1 is 1.19 bits per heavy atom. The lowest BCUT2D eigenvalue weighted by molar-refractivity contribution is 0.0966. The van der Waals surface area contributed by atoms with Crippen molar-refractivity contribution in [2.75, 3.05) is 19.3 Å². The molecule has 0 unspecified atom stereocenters. The predicted octanol–water partition coefficient (Wildman–Crippen LogP) is 2.25. The normalized spacial score (nSPS) is 16.8. The van der Waals surface area contributed by atoms with Crippen molar-refractivity contribution in [3.8, 4) is 17.1 Å². The number of anilines is 1. The van der Waals surface area contributed by atoms with E-state index in [0.717, 1.165) is 36.0 Å². The molecule has 1 atom stereocenters. The van der Waals surface area contributed by atoms with Gasteiger partial charge in [-0.25, -0.2) is 15.0 Å². The summed E-state index contributed by atoms with van der Waals surface area (Å²) >= 11 is 0. The van der Waals surface area contributed by atoms with E-state index in [2.05, 4.69) is 32.1 Å². The van der Waals surface area contributed by atoms with Gasteiger partial charge in [-0.05, 0) is 45.0 Å². The van der Waals surface area contributed by atoms with Gasteiger partial charge in [0.2, 0.25) is 5.82 Å². The Bertz CT molecular complexity index is 1280. The zero-order valence-corrected chi connectivity index (χ0v) is 18.1. The maximum Gasteiger partial charge on any atom is 0.202 e. The number of nitrogen functional groups attached to an aromatic ring is 1. The van der Waals surface area contributed by atoms with Crippen molar-refractivity contribution in [3.05, 3.63) is 42.6 Å². The summed E-state index contributed by atoms with van der Waals surface area (Å²) in [5.41, 5.74) is 9.49. The quantitative estimate of drug-likeness (QED) is 0.462. The zero-order valence-electron chi connectivity index (χ0n) is 18.1. The molecule has 0 saturated carbocycles. The molecule has 0 spiro atoms. The first kappa shape index (κ1) is 20.3. The van der Waals surface area contributed by atoms with Crippen LogP contribution >= 0.6 is 0 Å². The molecule has 5 rings (SSSR count). The number of aryl methyl sites for hydroxylation is 1. The van der Waals surface area contributed by atoms with Crippen LogP contribution in [0.3, 0.4) is 0 Å². The summed E-state index contributed by atoms with van der Waals surface area (Å²) < 4.78 is 1.93. The lowest BCUT2D eigenvalue weighted by Gasteiger charge is -2.18. The van der Waals surface area contributed by atoms with Gasteiger partial charge in [0.05, 0.1) is 29.8 Å². The molecule has 0 amide bonds. The van der Waals surface area contributed by atoms with Gasteiger partial charge in [-0.2, -0.15) is 10.2 Å². The highest BCUT2D eigenvalue weighted by Gasteiger charge is 2.25. The van der Waals surface area contributed by atoms with Crippen molar-refractivity contribution in [1.29, 1.82) is 0 Å². The molecule has 1 aliphatic heterocycles. The smallest absolute Gasteiger partial charge is 0.202 e. The lowest BCUT2D eigenvalue weighted by atomic mass is 10.0. The van der Waals surface area contributed by atoms with E-state index in [-0.39, 0.29) is 17.3 Å². The maximum absolute atomic E-state index is 13.1.